The number of aliphatic hydroxyl groups excluding tert-OH is 1. The van der Waals surface area contributed by atoms with E-state index in [1.165, 1.54) is 0 Å². The molecule has 2 aliphatic heterocycles. The van der Waals surface area contributed by atoms with Gasteiger partial charge in [0.25, 0.3) is 11.7 Å². The fourth-order valence-electron chi connectivity index (χ4n) is 4.36. The van der Waals surface area contributed by atoms with Gasteiger partial charge in [-0.2, -0.15) is 0 Å². The van der Waals surface area contributed by atoms with Gasteiger partial charge in [-0.1, -0.05) is 28.1 Å². The SMILES string of the molecule is COc1ccc(C(O)=C2C(=O)C(=O)N(CCN3CCOCC3)C2c2ccc(Br)cc2)cc1C. The smallest absolute Gasteiger partial charge is 0.295 e. The molecular formula is C25H27BrN2O5. The highest BCUT2D eigenvalue weighted by molar-refractivity contribution is 9.10. The number of nitrogens with zero attached hydrogens (tertiary/aromatic N) is 2. The molecule has 0 aromatic heterocycles. The number of halogens is 1. The lowest BCUT2D eigenvalue weighted by molar-refractivity contribution is -0.140. The van der Waals surface area contributed by atoms with Crippen LogP contribution in [-0.2, 0) is 14.3 Å². The summed E-state index contributed by atoms with van der Waals surface area (Å²) in [6, 6.07) is 12.0. The maximum absolute atomic E-state index is 13.2. The number of Topliss-reactive ketones (excluding diaryl/α,β-unsaturated/α-hetero) is 1. The summed E-state index contributed by atoms with van der Waals surface area (Å²) in [7, 11) is 1.58. The maximum Gasteiger partial charge on any atom is 0.295 e. The molecule has 2 aromatic carbocycles. The van der Waals surface area contributed by atoms with E-state index in [0.29, 0.717) is 37.6 Å². The molecule has 1 unspecified atom stereocenters. The number of ether oxygens (including phenoxy) is 2. The van der Waals surface area contributed by atoms with E-state index in [1.807, 2.05) is 31.2 Å². The van der Waals surface area contributed by atoms with Gasteiger partial charge < -0.3 is 19.5 Å². The summed E-state index contributed by atoms with van der Waals surface area (Å²) in [5, 5.41) is 11.2. The molecule has 2 heterocycles. The highest BCUT2D eigenvalue weighted by atomic mass is 79.9. The molecule has 0 saturated carbocycles. The first-order valence-electron chi connectivity index (χ1n) is 10.9. The van der Waals surface area contributed by atoms with E-state index in [9.17, 15) is 14.7 Å². The predicted octanol–water partition coefficient (Wildman–Crippen LogP) is 3.52. The largest absolute Gasteiger partial charge is 0.507 e. The molecule has 2 aliphatic rings. The summed E-state index contributed by atoms with van der Waals surface area (Å²) in [4.78, 5) is 30.1. The van der Waals surface area contributed by atoms with Crippen molar-refractivity contribution in [3.63, 3.8) is 0 Å². The van der Waals surface area contributed by atoms with Gasteiger partial charge >= 0.3 is 0 Å². The van der Waals surface area contributed by atoms with E-state index in [2.05, 4.69) is 20.8 Å². The van der Waals surface area contributed by atoms with Crippen molar-refractivity contribution in [2.75, 3.05) is 46.5 Å². The summed E-state index contributed by atoms with van der Waals surface area (Å²) in [5.74, 6) is -0.762. The van der Waals surface area contributed by atoms with E-state index in [-0.39, 0.29) is 11.3 Å². The molecule has 7 nitrogen and oxygen atoms in total. The standard InChI is InChI=1S/C25H27BrN2O5/c1-16-15-18(5-8-20(16)32-2)23(29)21-22(17-3-6-19(26)7-4-17)28(25(31)24(21)30)10-9-27-11-13-33-14-12-27/h3-8,15,22,29H,9-14H2,1-2H3. The first-order chi connectivity index (χ1) is 15.9. The van der Waals surface area contributed by atoms with Gasteiger partial charge in [0, 0.05) is 36.2 Å². The second-order valence-corrected chi connectivity index (χ2v) is 9.10. The number of carbonyl (C=O) groups is 2. The van der Waals surface area contributed by atoms with Crippen LogP contribution in [0.5, 0.6) is 5.75 Å². The minimum absolute atomic E-state index is 0.105. The van der Waals surface area contributed by atoms with Crippen LogP contribution in [0.25, 0.3) is 5.76 Å². The van der Waals surface area contributed by atoms with Crippen LogP contribution in [0.1, 0.15) is 22.7 Å². The number of ketones is 1. The van der Waals surface area contributed by atoms with E-state index in [4.69, 9.17) is 9.47 Å². The molecule has 0 aliphatic carbocycles. The van der Waals surface area contributed by atoms with Gasteiger partial charge in [-0.05, 0) is 48.4 Å². The zero-order chi connectivity index (χ0) is 23.5. The summed E-state index contributed by atoms with van der Waals surface area (Å²) in [5.41, 5.74) is 2.17. The highest BCUT2D eigenvalue weighted by Crippen LogP contribution is 2.40. The lowest BCUT2D eigenvalue weighted by atomic mass is 9.95. The molecule has 2 aromatic rings. The molecule has 174 valence electrons. The van der Waals surface area contributed by atoms with Crippen LogP contribution in [0.2, 0.25) is 0 Å². The van der Waals surface area contributed by atoms with Gasteiger partial charge in [0.05, 0.1) is 31.9 Å². The van der Waals surface area contributed by atoms with Crippen LogP contribution in [0.15, 0.2) is 52.5 Å². The number of aryl methyl sites for hydroxylation is 1. The third-order valence-electron chi connectivity index (χ3n) is 6.15. The molecule has 0 bridgehead atoms. The number of benzene rings is 2. The molecule has 33 heavy (non-hydrogen) atoms. The van der Waals surface area contributed by atoms with E-state index in [0.717, 1.165) is 28.7 Å². The molecule has 1 N–H and O–H groups in total. The lowest BCUT2D eigenvalue weighted by Crippen LogP contribution is -2.42. The maximum atomic E-state index is 13.2. The minimum Gasteiger partial charge on any atom is -0.507 e. The van der Waals surface area contributed by atoms with E-state index < -0.39 is 17.7 Å². The second-order valence-electron chi connectivity index (χ2n) is 8.18. The average molecular weight is 515 g/mol. The zero-order valence-corrected chi connectivity index (χ0v) is 20.3. The molecule has 1 amide bonds. The molecule has 0 radical (unpaired) electrons. The number of morpholine rings is 1. The Labute approximate surface area is 201 Å². The van der Waals surface area contributed by atoms with Crippen LogP contribution in [-0.4, -0.2) is 73.1 Å². The minimum atomic E-state index is -0.670. The van der Waals surface area contributed by atoms with E-state index >= 15 is 0 Å². The molecular weight excluding hydrogens is 488 g/mol. The molecule has 0 spiro atoms. The molecule has 4 rings (SSSR count). The summed E-state index contributed by atoms with van der Waals surface area (Å²) >= 11 is 3.44. The van der Waals surface area contributed by atoms with Crippen molar-refractivity contribution in [2.45, 2.75) is 13.0 Å². The second kappa shape index (κ2) is 10.1. The van der Waals surface area contributed by atoms with Crippen molar-refractivity contribution in [2.24, 2.45) is 0 Å². The first kappa shape index (κ1) is 23.5. The van der Waals surface area contributed by atoms with Gasteiger partial charge in [0.2, 0.25) is 0 Å². The summed E-state index contributed by atoms with van der Waals surface area (Å²) in [6.07, 6.45) is 0. The number of aliphatic hydroxyl groups is 1. The number of hydrogen-bond acceptors (Lipinski definition) is 6. The Morgan fingerprint density at radius 2 is 1.82 bits per heavy atom. The van der Waals surface area contributed by atoms with Crippen molar-refractivity contribution >= 4 is 33.4 Å². The Balaban J connectivity index is 1.74. The van der Waals surface area contributed by atoms with Gasteiger partial charge in [-0.15, -0.1) is 0 Å². The summed E-state index contributed by atoms with van der Waals surface area (Å²) < 4.78 is 11.6. The van der Waals surface area contributed by atoms with Crippen molar-refractivity contribution < 1.29 is 24.2 Å². The quantitative estimate of drug-likeness (QED) is 0.361. The van der Waals surface area contributed by atoms with Crippen molar-refractivity contribution in [1.82, 2.24) is 9.80 Å². The number of rotatable bonds is 6. The Kier molecular flexibility index (Phi) is 7.17. The van der Waals surface area contributed by atoms with Gasteiger partial charge in [-0.25, -0.2) is 0 Å². The number of likely N-dealkylation sites (tertiary alicyclic amines) is 1. The predicted molar refractivity (Wildman–Crippen MR) is 128 cm³/mol. The number of methoxy groups -OCH3 is 1. The topological polar surface area (TPSA) is 79.3 Å². The van der Waals surface area contributed by atoms with Gasteiger partial charge in [-0.3, -0.25) is 14.5 Å². The van der Waals surface area contributed by atoms with Crippen molar-refractivity contribution in [1.29, 1.82) is 0 Å². The monoisotopic (exact) mass is 514 g/mol. The Morgan fingerprint density at radius 1 is 1.12 bits per heavy atom. The van der Waals surface area contributed by atoms with Crippen LogP contribution < -0.4 is 4.74 Å². The third-order valence-corrected chi connectivity index (χ3v) is 6.68. The summed E-state index contributed by atoms with van der Waals surface area (Å²) in [6.45, 7) is 5.77. The van der Waals surface area contributed by atoms with Crippen molar-refractivity contribution in [3.05, 3.63) is 69.2 Å². The zero-order valence-electron chi connectivity index (χ0n) is 18.7. The lowest BCUT2D eigenvalue weighted by Gasteiger charge is -2.31. The fourth-order valence-corrected chi connectivity index (χ4v) is 4.62. The normalized spacial score (nSPS) is 20.9. The number of amides is 1. The van der Waals surface area contributed by atoms with Crippen molar-refractivity contribution in [3.8, 4) is 5.75 Å². The van der Waals surface area contributed by atoms with Crippen LogP contribution in [0, 0.1) is 6.92 Å². The molecule has 2 saturated heterocycles. The average Bonchev–Trinajstić information content (AvgIpc) is 3.08. The Bertz CT molecular complexity index is 1080. The van der Waals surface area contributed by atoms with Crippen LogP contribution in [0.3, 0.4) is 0 Å². The number of hydrogen-bond donors (Lipinski definition) is 1. The first-order valence-corrected chi connectivity index (χ1v) is 11.7. The van der Waals surface area contributed by atoms with E-state index in [1.54, 1.807) is 30.2 Å². The van der Waals surface area contributed by atoms with Gasteiger partial charge in [0.15, 0.2) is 0 Å². The third kappa shape index (κ3) is 4.83. The van der Waals surface area contributed by atoms with Crippen LogP contribution in [0.4, 0.5) is 0 Å². The molecule has 1 atom stereocenters. The highest BCUT2D eigenvalue weighted by Gasteiger charge is 2.46. The Morgan fingerprint density at radius 3 is 2.45 bits per heavy atom. The molecule has 2 fully saturated rings. The number of carbonyl (C=O) groups excluding carboxylic acids is 2. The fraction of sp³-hybridized carbons (Fsp3) is 0.360. The van der Waals surface area contributed by atoms with Crippen LogP contribution >= 0.6 is 15.9 Å². The Hall–Kier alpha value is -2.68. The van der Waals surface area contributed by atoms with Gasteiger partial charge in [0.1, 0.15) is 11.5 Å². The molecule has 8 heteroatoms.